The van der Waals surface area contributed by atoms with E-state index in [1.165, 1.54) is 12.5 Å². The molecule has 0 radical (unpaired) electrons. The monoisotopic (exact) mass is 352 g/mol. The van der Waals surface area contributed by atoms with Crippen molar-refractivity contribution in [1.29, 1.82) is 0 Å². The van der Waals surface area contributed by atoms with Crippen molar-refractivity contribution in [3.05, 3.63) is 17.7 Å². The Morgan fingerprint density at radius 2 is 2.04 bits per heavy atom. The highest BCUT2D eigenvalue weighted by atomic mass is 32.2. The number of hydrogen-bond donors (Lipinski definition) is 1. The van der Waals surface area contributed by atoms with Crippen molar-refractivity contribution >= 4 is 9.84 Å². The van der Waals surface area contributed by atoms with Crippen LogP contribution in [0.2, 0.25) is 0 Å². The lowest BCUT2D eigenvalue weighted by atomic mass is 9.93. The van der Waals surface area contributed by atoms with E-state index in [-0.39, 0.29) is 5.92 Å². The number of aromatic nitrogens is 2. The first-order valence-corrected chi connectivity index (χ1v) is 10.8. The largest absolute Gasteiger partial charge is 0.316 e. The van der Waals surface area contributed by atoms with Gasteiger partial charge in [-0.2, -0.15) is 0 Å². The van der Waals surface area contributed by atoms with Gasteiger partial charge >= 0.3 is 0 Å². The number of rotatable bonds is 4. The Kier molecular flexibility index (Phi) is 5.52. The fraction of sp³-hybridized carbons (Fsp3) is 0.765. The van der Waals surface area contributed by atoms with Crippen molar-refractivity contribution in [2.24, 2.45) is 5.92 Å². The van der Waals surface area contributed by atoms with Crippen LogP contribution >= 0.6 is 0 Å². The van der Waals surface area contributed by atoms with Crippen molar-refractivity contribution in [1.82, 2.24) is 20.2 Å². The van der Waals surface area contributed by atoms with Gasteiger partial charge in [0.2, 0.25) is 0 Å². The molecule has 3 rings (SSSR count). The molecule has 0 amide bonds. The topological polar surface area (TPSA) is 75.2 Å². The molecule has 0 saturated carbocycles. The lowest BCUT2D eigenvalue weighted by Crippen LogP contribution is -2.32. The van der Waals surface area contributed by atoms with Gasteiger partial charge in [0.1, 0.15) is 10.7 Å². The first-order valence-electron chi connectivity index (χ1n) is 8.88. The van der Waals surface area contributed by atoms with Crippen LogP contribution in [0, 0.1) is 5.92 Å². The highest BCUT2D eigenvalue weighted by Gasteiger charge is 2.26. The molecule has 0 aliphatic carbocycles. The van der Waals surface area contributed by atoms with Crippen LogP contribution in [0.4, 0.5) is 0 Å². The van der Waals surface area contributed by atoms with Crippen LogP contribution < -0.4 is 5.32 Å². The maximum absolute atomic E-state index is 12.1. The number of nitrogens with zero attached hydrogens (tertiary/aromatic N) is 3. The van der Waals surface area contributed by atoms with Gasteiger partial charge in [-0.3, -0.25) is 0 Å². The van der Waals surface area contributed by atoms with E-state index >= 15 is 0 Å². The lowest BCUT2D eigenvalue weighted by molar-refractivity contribution is 0.217. The zero-order valence-corrected chi connectivity index (χ0v) is 15.5. The van der Waals surface area contributed by atoms with Gasteiger partial charge in [0.05, 0.1) is 5.69 Å². The van der Waals surface area contributed by atoms with Gasteiger partial charge in [-0.15, -0.1) is 0 Å². The molecule has 2 fully saturated rings. The number of piperidine rings is 2. The summed E-state index contributed by atoms with van der Waals surface area (Å²) in [5, 5.41) is 3.36. The average Bonchev–Trinajstić information content (AvgIpc) is 2.57. The SMILES string of the molecule is CN1CCC(Cc2ncc(S(C)(=O)=O)c([C@@H]3CCCNC3)n2)CC1. The highest BCUT2D eigenvalue weighted by molar-refractivity contribution is 7.90. The molecular weight excluding hydrogens is 324 g/mol. The predicted molar refractivity (Wildman–Crippen MR) is 93.9 cm³/mol. The van der Waals surface area contributed by atoms with Gasteiger partial charge in [-0.1, -0.05) is 0 Å². The third kappa shape index (κ3) is 4.32. The van der Waals surface area contributed by atoms with Gasteiger partial charge in [-0.25, -0.2) is 18.4 Å². The molecule has 7 heteroatoms. The minimum absolute atomic E-state index is 0.169. The van der Waals surface area contributed by atoms with Crippen LogP contribution in [0.5, 0.6) is 0 Å². The first-order chi connectivity index (χ1) is 11.4. The average molecular weight is 353 g/mol. The summed E-state index contributed by atoms with van der Waals surface area (Å²) in [6, 6.07) is 0. The Bertz CT molecular complexity index is 663. The van der Waals surface area contributed by atoms with Crippen molar-refractivity contribution in [3.8, 4) is 0 Å². The van der Waals surface area contributed by atoms with Crippen molar-refractivity contribution < 1.29 is 8.42 Å². The molecule has 0 bridgehead atoms. The van der Waals surface area contributed by atoms with Crippen molar-refractivity contribution in [3.63, 3.8) is 0 Å². The molecule has 2 aliphatic rings. The van der Waals surface area contributed by atoms with Crippen molar-refractivity contribution in [2.45, 2.75) is 42.9 Å². The summed E-state index contributed by atoms with van der Waals surface area (Å²) in [6.45, 7) is 4.03. The van der Waals surface area contributed by atoms with Crippen molar-refractivity contribution in [2.75, 3.05) is 39.5 Å². The number of hydrogen-bond acceptors (Lipinski definition) is 6. The Hall–Kier alpha value is -1.05. The Morgan fingerprint density at radius 1 is 1.29 bits per heavy atom. The van der Waals surface area contributed by atoms with E-state index < -0.39 is 9.84 Å². The lowest BCUT2D eigenvalue weighted by Gasteiger charge is -2.29. The normalized spacial score (nSPS) is 24.2. The predicted octanol–water partition coefficient (Wildman–Crippen LogP) is 1.23. The van der Waals surface area contributed by atoms with E-state index in [1.807, 2.05) is 0 Å². The van der Waals surface area contributed by atoms with Crippen LogP contribution in [0.3, 0.4) is 0 Å². The summed E-state index contributed by atoms with van der Waals surface area (Å²) in [5.74, 6) is 1.57. The second-order valence-electron chi connectivity index (χ2n) is 7.30. The molecular formula is C17H28N4O2S. The van der Waals surface area contributed by atoms with Crippen LogP contribution in [0.25, 0.3) is 0 Å². The standard InChI is InChI=1S/C17H28N4O2S/c1-21-8-5-13(6-9-21)10-16-19-12-15(24(2,22)23)17(20-16)14-4-3-7-18-11-14/h12-14,18H,3-11H2,1-2H3/t14-/m1/s1. The molecule has 0 spiro atoms. The molecule has 24 heavy (non-hydrogen) atoms. The smallest absolute Gasteiger partial charge is 0.178 e. The molecule has 0 unspecified atom stereocenters. The van der Waals surface area contributed by atoms with E-state index in [1.54, 1.807) is 0 Å². The van der Waals surface area contributed by atoms with Gasteiger partial charge in [-0.05, 0) is 58.3 Å². The van der Waals surface area contributed by atoms with E-state index in [9.17, 15) is 8.42 Å². The van der Waals surface area contributed by atoms with E-state index in [2.05, 4.69) is 22.2 Å². The van der Waals surface area contributed by atoms with Crippen LogP contribution in [-0.4, -0.2) is 62.8 Å². The third-order valence-corrected chi connectivity index (χ3v) is 6.34. The van der Waals surface area contributed by atoms with Gasteiger partial charge in [0.25, 0.3) is 0 Å². The fourth-order valence-electron chi connectivity index (χ4n) is 3.71. The van der Waals surface area contributed by atoms with Gasteiger partial charge in [0.15, 0.2) is 9.84 Å². The van der Waals surface area contributed by atoms with Crippen LogP contribution in [0.1, 0.15) is 43.1 Å². The molecule has 2 saturated heterocycles. The zero-order chi connectivity index (χ0) is 17.2. The summed E-state index contributed by atoms with van der Waals surface area (Å²) < 4.78 is 24.3. The fourth-order valence-corrected chi connectivity index (χ4v) is 4.54. The molecule has 3 heterocycles. The summed E-state index contributed by atoms with van der Waals surface area (Å²) >= 11 is 0. The summed E-state index contributed by atoms with van der Waals surface area (Å²) in [4.78, 5) is 11.8. The Labute approximate surface area is 145 Å². The minimum atomic E-state index is -3.30. The van der Waals surface area contributed by atoms with Gasteiger partial charge in [0, 0.05) is 31.3 Å². The molecule has 1 aromatic rings. The zero-order valence-electron chi connectivity index (χ0n) is 14.7. The van der Waals surface area contributed by atoms with Crippen LogP contribution in [0.15, 0.2) is 11.1 Å². The Morgan fingerprint density at radius 3 is 2.67 bits per heavy atom. The molecule has 134 valence electrons. The summed E-state index contributed by atoms with van der Waals surface area (Å²) in [7, 11) is -1.14. The summed E-state index contributed by atoms with van der Waals surface area (Å²) in [5.41, 5.74) is 0.725. The van der Waals surface area contributed by atoms with E-state index in [4.69, 9.17) is 4.98 Å². The molecule has 1 N–H and O–H groups in total. The molecule has 6 nitrogen and oxygen atoms in total. The second-order valence-corrected chi connectivity index (χ2v) is 9.29. The number of likely N-dealkylation sites (tertiary alicyclic amines) is 1. The number of sulfone groups is 1. The van der Waals surface area contributed by atoms with Crippen LogP contribution in [-0.2, 0) is 16.3 Å². The van der Waals surface area contributed by atoms with E-state index in [0.29, 0.717) is 10.8 Å². The third-order valence-electron chi connectivity index (χ3n) is 5.23. The second kappa shape index (κ2) is 7.45. The quantitative estimate of drug-likeness (QED) is 0.878. The molecule has 1 aromatic heterocycles. The highest BCUT2D eigenvalue weighted by Crippen LogP contribution is 2.28. The maximum atomic E-state index is 12.1. The van der Waals surface area contributed by atoms with Gasteiger partial charge < -0.3 is 10.2 Å². The minimum Gasteiger partial charge on any atom is -0.316 e. The first kappa shape index (κ1) is 17.8. The Balaban J connectivity index is 1.83. The summed E-state index contributed by atoms with van der Waals surface area (Å²) in [6.07, 6.45) is 8.01. The number of nitrogens with one attached hydrogen (secondary N) is 1. The maximum Gasteiger partial charge on any atom is 0.178 e. The molecule has 0 aromatic carbocycles. The molecule has 2 aliphatic heterocycles. The van der Waals surface area contributed by atoms with E-state index in [0.717, 1.165) is 69.8 Å². The molecule has 1 atom stereocenters.